The first-order valence-corrected chi connectivity index (χ1v) is 40.4. The number of hydrogen-bond donors (Lipinski definition) is 3. The van der Waals surface area contributed by atoms with Gasteiger partial charge in [-0.1, -0.05) is 56.2 Å². The maximum absolute atomic E-state index is 12.3. The number of nitrogens with zero attached hydrogens (tertiary/aromatic N) is 15. The molecular weight excluding hydrogens is 1540 g/mol. The van der Waals surface area contributed by atoms with Crippen molar-refractivity contribution in [2.24, 2.45) is 0 Å². The van der Waals surface area contributed by atoms with Crippen LogP contribution in [0.5, 0.6) is 0 Å². The lowest BCUT2D eigenvalue weighted by Crippen LogP contribution is -2.29. The predicted octanol–water partition coefficient (Wildman–Crippen LogP) is 6.03. The predicted molar refractivity (Wildman–Crippen MR) is 380 cm³/mol. The minimum absolute atomic E-state index is 0.00900. The third kappa shape index (κ3) is 23.8. The van der Waals surface area contributed by atoms with Gasteiger partial charge >= 0.3 is 0 Å². The Kier molecular flexibility index (Phi) is 31.2. The Morgan fingerprint density at radius 3 is 0.882 bits per heavy atom. The SMILES string of the molecule is C=Cc1ccc(Nc2nc(N(C)C)nc(N(C)C)n2)cc1S(=O)(=O)OC.C=Cc1ccc(Nc2nc(N(C)C)nc(N(C)CCS(=O)(=O)OC)n2)cc1S(=O)(=O)OC.C=Cc1ccc(Nc2nc(N(C)CC)nc(N(C)CCS(=O)(=O)OC)n2)cc1S(=O)(=O)OC.II. The highest BCUT2D eigenvalue weighted by Gasteiger charge is 2.23. The van der Waals surface area contributed by atoms with Gasteiger partial charge in [-0.25, -0.2) is 0 Å². The first-order chi connectivity index (χ1) is 43.5. The Morgan fingerprint density at radius 2 is 0.645 bits per heavy atom. The normalized spacial score (nSPS) is 11.4. The summed E-state index contributed by atoms with van der Waals surface area (Å²) in [4.78, 5) is 49.0. The molecule has 0 saturated carbocycles. The zero-order valence-corrected chi connectivity index (χ0v) is 62.1. The molecule has 93 heavy (non-hydrogen) atoms. The Balaban J connectivity index is 0.000000361. The molecule has 0 bridgehead atoms. The van der Waals surface area contributed by atoms with Gasteiger partial charge in [0.15, 0.2) is 0 Å². The molecule has 0 spiro atoms. The number of halogens is 2. The number of rotatable bonds is 30. The molecule has 3 aromatic carbocycles. The van der Waals surface area contributed by atoms with Crippen LogP contribution in [0, 0.1) is 0 Å². The van der Waals surface area contributed by atoms with Crippen LogP contribution in [0.25, 0.3) is 18.2 Å². The Labute approximate surface area is 568 Å². The third-order valence-electron chi connectivity index (χ3n) is 12.3. The first-order valence-electron chi connectivity index (χ1n) is 26.7. The molecule has 6 rings (SSSR count). The zero-order chi connectivity index (χ0) is 70.4. The number of nitrogens with one attached hydrogen (secondary N) is 3. The van der Waals surface area contributed by atoms with Gasteiger partial charge < -0.3 is 45.3 Å². The summed E-state index contributed by atoms with van der Waals surface area (Å²) in [6.45, 7) is 13.6. The van der Waals surface area contributed by atoms with E-state index in [9.17, 15) is 42.1 Å². The van der Waals surface area contributed by atoms with E-state index in [1.165, 1.54) is 41.3 Å². The maximum atomic E-state index is 12.3. The number of benzene rings is 3. The second kappa shape index (κ2) is 36.1. The largest absolute Gasteiger partial charge is 0.347 e. The molecule has 3 N–H and O–H groups in total. The van der Waals surface area contributed by atoms with Gasteiger partial charge in [-0.05, 0) is 60.0 Å². The van der Waals surface area contributed by atoms with Crippen molar-refractivity contribution in [3.63, 3.8) is 0 Å². The molecule has 0 radical (unpaired) electrons. The fraction of sp³-hybridized carbons (Fsp3) is 0.377. The molecule has 0 atom stereocenters. The lowest BCUT2D eigenvalue weighted by Gasteiger charge is -2.21. The van der Waals surface area contributed by atoms with E-state index in [0.717, 1.165) is 35.5 Å². The van der Waals surface area contributed by atoms with Crippen LogP contribution in [0.4, 0.5) is 70.6 Å². The Hall–Kier alpha value is -6.88. The van der Waals surface area contributed by atoms with E-state index in [4.69, 9.17) is 0 Å². The summed E-state index contributed by atoms with van der Waals surface area (Å²) in [6, 6.07) is 14.0. The van der Waals surface area contributed by atoms with E-state index in [0.29, 0.717) is 70.0 Å². The number of anilines is 12. The van der Waals surface area contributed by atoms with E-state index in [1.54, 1.807) is 96.1 Å². The molecule has 3 aromatic heterocycles. The van der Waals surface area contributed by atoms with Crippen LogP contribution in [0.3, 0.4) is 0 Å². The van der Waals surface area contributed by atoms with Crippen molar-refractivity contribution in [1.29, 1.82) is 0 Å². The van der Waals surface area contributed by atoms with Crippen LogP contribution >= 0.6 is 37.2 Å². The first kappa shape index (κ1) is 80.4. The quantitative estimate of drug-likeness (QED) is 0.0342. The summed E-state index contributed by atoms with van der Waals surface area (Å²) in [7, 11) is 2.14. The van der Waals surface area contributed by atoms with Crippen LogP contribution in [0.2, 0.25) is 0 Å². The second-order valence-electron chi connectivity index (χ2n) is 19.3. The summed E-state index contributed by atoms with van der Waals surface area (Å²) in [6.07, 6.45) is 4.27. The third-order valence-corrected chi connectivity index (χ3v) is 18.7. The molecule has 6 aromatic rings. The van der Waals surface area contributed by atoms with Crippen molar-refractivity contribution in [2.75, 3.05) is 175 Å². The summed E-state index contributed by atoms with van der Waals surface area (Å²) >= 11 is 4.24. The molecule has 0 saturated heterocycles. The molecule has 0 aliphatic heterocycles. The molecule has 0 aliphatic rings. The topological polar surface area (TPSA) is 388 Å². The molecule has 0 amide bonds. The average Bonchev–Trinajstić information content (AvgIpc) is 0.846. The molecule has 0 unspecified atom stereocenters. The highest BCUT2D eigenvalue weighted by atomic mass is 128. The standard InChI is InChI=1S/C19H28N6O6S2.C18H26N6O6S2.C16H22N6O3S.I2/c1-7-14-9-10-15(13-16(14)33(28,29)31-6)20-17-21-18(24(3)8-2)23-19(22-17)25(4)11-12-32(26,27)30-5;1-7-13-8-9-14(12-15(13)32(27,28)30-6)19-16-20-17(23(2)3)22-18(21-16)24(4)10-11-31(25,26)29-5;1-7-11-8-9-12(10-13(11)26(23,24)25-6)17-14-18-15(21(2)3)20-16(19-14)22(4)5;1-2/h7,9-10,13H,1,8,11-12H2,2-6H3,(H,20,21,22,23);7-9,12H,1,10-11H2,2-6H3,(H,19,20,21,22);7-10H,1H2,2-6H3,(H,17,18,19,20);. The second-order valence-corrected chi connectivity index (χ2v) is 28.0. The Bertz CT molecular complexity index is 4120. The van der Waals surface area contributed by atoms with Gasteiger partial charge in [-0.15, -0.1) is 0 Å². The molecule has 0 fully saturated rings. The van der Waals surface area contributed by atoms with Gasteiger partial charge in [0.05, 0.1) is 47.1 Å². The van der Waals surface area contributed by atoms with E-state index in [-0.39, 0.29) is 63.1 Å². The van der Waals surface area contributed by atoms with Crippen molar-refractivity contribution >= 4 is 177 Å². The lowest BCUT2D eigenvalue weighted by atomic mass is 10.2. The molecule has 33 nitrogen and oxygen atoms in total. The molecular formula is C53H76I2N18O15S5. The monoisotopic (exact) mass is 1620 g/mol. The molecule has 512 valence electrons. The summed E-state index contributed by atoms with van der Waals surface area (Å²) < 4.78 is 143. The van der Waals surface area contributed by atoms with Crippen LogP contribution < -0.4 is 45.3 Å². The fourth-order valence-electron chi connectivity index (χ4n) is 7.00. The fourth-order valence-corrected chi connectivity index (χ4v) is 11.0. The van der Waals surface area contributed by atoms with Gasteiger partial charge in [0, 0.05) is 137 Å². The van der Waals surface area contributed by atoms with E-state index < -0.39 is 50.6 Å². The highest BCUT2D eigenvalue weighted by molar-refractivity contribution is 15.0. The average molecular weight is 1620 g/mol. The van der Waals surface area contributed by atoms with Crippen LogP contribution in [0.15, 0.2) is 89.0 Å². The van der Waals surface area contributed by atoms with Crippen LogP contribution in [-0.4, -0.2) is 217 Å². The number of aromatic nitrogens is 9. The van der Waals surface area contributed by atoms with Crippen molar-refractivity contribution in [2.45, 2.75) is 21.6 Å². The van der Waals surface area contributed by atoms with E-state index >= 15 is 0 Å². The van der Waals surface area contributed by atoms with Crippen molar-refractivity contribution in [3.05, 3.63) is 91.0 Å². The van der Waals surface area contributed by atoms with Gasteiger partial charge in [0.2, 0.25) is 53.5 Å². The molecule has 40 heteroatoms. The van der Waals surface area contributed by atoms with Crippen molar-refractivity contribution in [3.8, 4) is 0 Å². The van der Waals surface area contributed by atoms with Gasteiger partial charge in [0.25, 0.3) is 50.6 Å². The van der Waals surface area contributed by atoms with E-state index in [1.807, 2.05) is 35.1 Å². The van der Waals surface area contributed by atoms with Crippen LogP contribution in [0.1, 0.15) is 23.6 Å². The number of hydrogen-bond acceptors (Lipinski definition) is 33. The van der Waals surface area contributed by atoms with Crippen molar-refractivity contribution < 1.29 is 63.0 Å². The summed E-state index contributed by atoms with van der Waals surface area (Å²) in [5.41, 5.74) is 2.47. The summed E-state index contributed by atoms with van der Waals surface area (Å²) in [5, 5.41) is 8.94. The molecule has 0 aliphatic carbocycles. The van der Waals surface area contributed by atoms with Crippen LogP contribution in [-0.2, 0) is 71.5 Å². The highest BCUT2D eigenvalue weighted by Crippen LogP contribution is 2.29. The maximum Gasteiger partial charge on any atom is 0.297 e. The Morgan fingerprint density at radius 1 is 0.398 bits per heavy atom. The van der Waals surface area contributed by atoms with Gasteiger partial charge in [-0.2, -0.15) is 86.9 Å². The summed E-state index contributed by atoms with van der Waals surface area (Å²) in [5.74, 6) is 2.09. The van der Waals surface area contributed by atoms with Gasteiger partial charge in [-0.3, -0.25) is 20.9 Å². The minimum atomic E-state index is -3.98. The lowest BCUT2D eigenvalue weighted by molar-refractivity contribution is 0.396. The van der Waals surface area contributed by atoms with Crippen molar-refractivity contribution in [1.82, 2.24) is 44.9 Å². The van der Waals surface area contributed by atoms with Gasteiger partial charge in [0.1, 0.15) is 14.7 Å². The van der Waals surface area contributed by atoms with E-state index in [2.05, 4.69) is 139 Å². The molecule has 3 heterocycles. The smallest absolute Gasteiger partial charge is 0.297 e. The zero-order valence-electron chi connectivity index (χ0n) is 53.7. The minimum Gasteiger partial charge on any atom is -0.347 e.